The van der Waals surface area contributed by atoms with E-state index in [0.29, 0.717) is 17.5 Å². The number of furan rings is 1. The molecule has 51 heavy (non-hydrogen) atoms. The van der Waals surface area contributed by atoms with E-state index in [0.717, 1.165) is 38.6 Å². The minimum atomic E-state index is 0.627. The summed E-state index contributed by atoms with van der Waals surface area (Å²) in [4.78, 5) is 15.1. The maximum absolute atomic E-state index is 6.11. The fourth-order valence-corrected chi connectivity index (χ4v) is 9.70. The largest absolute Gasteiger partial charge is 0.456 e. The molecule has 0 aliphatic heterocycles. The third-order valence-corrected chi connectivity index (χ3v) is 12.1. The molecule has 11 aromatic rings. The van der Waals surface area contributed by atoms with Gasteiger partial charge in [0.15, 0.2) is 17.5 Å². The number of rotatable bonds is 4. The third kappa shape index (κ3) is 4.61. The van der Waals surface area contributed by atoms with Gasteiger partial charge >= 0.3 is 0 Å². The van der Waals surface area contributed by atoms with Gasteiger partial charge in [0.25, 0.3) is 0 Å². The molecule has 4 nitrogen and oxygen atoms in total. The first-order chi connectivity index (χ1) is 25.2. The fraction of sp³-hybridized carbons (Fsp3) is 0. The Kier molecular flexibility index (Phi) is 6.26. The number of nitrogens with zero attached hydrogens (tertiary/aromatic N) is 3. The van der Waals surface area contributed by atoms with Crippen molar-refractivity contribution in [2.75, 3.05) is 0 Å². The van der Waals surface area contributed by atoms with Crippen LogP contribution in [0.4, 0.5) is 0 Å². The van der Waals surface area contributed by atoms with E-state index in [4.69, 9.17) is 19.4 Å². The number of benzene rings is 7. The zero-order valence-corrected chi connectivity index (χ0v) is 28.6. The number of fused-ring (bicyclic) bond motifs is 9. The molecule has 0 amide bonds. The van der Waals surface area contributed by atoms with Crippen molar-refractivity contribution in [3.05, 3.63) is 152 Å². The number of thiophene rings is 2. The van der Waals surface area contributed by atoms with E-state index in [2.05, 4.69) is 91.0 Å². The van der Waals surface area contributed by atoms with Crippen molar-refractivity contribution in [3.8, 4) is 45.3 Å². The van der Waals surface area contributed by atoms with Crippen LogP contribution in [0.1, 0.15) is 0 Å². The first kappa shape index (κ1) is 28.6. The van der Waals surface area contributed by atoms with Gasteiger partial charge in [0, 0.05) is 67.8 Å². The first-order valence-electron chi connectivity index (χ1n) is 16.8. The van der Waals surface area contributed by atoms with Crippen LogP contribution in [-0.2, 0) is 0 Å². The van der Waals surface area contributed by atoms with Gasteiger partial charge in [0.05, 0.1) is 0 Å². The normalized spacial score (nSPS) is 11.9. The highest BCUT2D eigenvalue weighted by atomic mass is 32.1. The molecule has 0 unspecified atom stereocenters. The molecule has 238 valence electrons. The third-order valence-electron chi connectivity index (χ3n) is 9.75. The van der Waals surface area contributed by atoms with E-state index in [-0.39, 0.29) is 0 Å². The van der Waals surface area contributed by atoms with Crippen molar-refractivity contribution in [1.82, 2.24) is 15.0 Å². The predicted molar refractivity (Wildman–Crippen MR) is 215 cm³/mol. The van der Waals surface area contributed by atoms with E-state index in [1.165, 1.54) is 51.5 Å². The first-order valence-corrected chi connectivity index (χ1v) is 18.5. The van der Waals surface area contributed by atoms with Gasteiger partial charge in [0.1, 0.15) is 11.2 Å². The Morgan fingerprint density at radius 1 is 0.353 bits per heavy atom. The van der Waals surface area contributed by atoms with E-state index in [1.807, 2.05) is 83.3 Å². The van der Waals surface area contributed by atoms with Crippen molar-refractivity contribution in [2.45, 2.75) is 0 Å². The summed E-state index contributed by atoms with van der Waals surface area (Å²) >= 11 is 3.69. The topological polar surface area (TPSA) is 51.8 Å². The summed E-state index contributed by atoms with van der Waals surface area (Å²) in [7, 11) is 0. The maximum Gasteiger partial charge on any atom is 0.164 e. The lowest BCUT2D eigenvalue weighted by Gasteiger charge is -2.09. The molecule has 0 atom stereocenters. The van der Waals surface area contributed by atoms with E-state index in [1.54, 1.807) is 0 Å². The molecule has 0 aliphatic rings. The Morgan fingerprint density at radius 3 is 1.76 bits per heavy atom. The second-order valence-electron chi connectivity index (χ2n) is 12.8. The van der Waals surface area contributed by atoms with Crippen molar-refractivity contribution < 1.29 is 4.42 Å². The Morgan fingerprint density at radius 2 is 0.941 bits per heavy atom. The van der Waals surface area contributed by atoms with Gasteiger partial charge < -0.3 is 4.42 Å². The number of hydrogen-bond acceptors (Lipinski definition) is 6. The van der Waals surface area contributed by atoms with Gasteiger partial charge in [-0.15, -0.1) is 22.7 Å². The van der Waals surface area contributed by atoms with E-state index < -0.39 is 0 Å². The molecular weight excluding hydrogens is 663 g/mol. The maximum atomic E-state index is 6.11. The summed E-state index contributed by atoms with van der Waals surface area (Å²) in [5.41, 5.74) is 7.05. The van der Waals surface area contributed by atoms with Gasteiger partial charge in [-0.3, -0.25) is 0 Å². The van der Waals surface area contributed by atoms with Crippen molar-refractivity contribution >= 4 is 85.0 Å². The molecule has 4 heterocycles. The van der Waals surface area contributed by atoms with Crippen LogP contribution >= 0.6 is 22.7 Å². The van der Waals surface area contributed by atoms with Crippen LogP contribution in [0.25, 0.3) is 108 Å². The van der Waals surface area contributed by atoms with Crippen LogP contribution in [0.3, 0.4) is 0 Å². The Hall–Kier alpha value is -6.21. The average molecular weight is 688 g/mol. The molecule has 7 aromatic carbocycles. The smallest absolute Gasteiger partial charge is 0.164 e. The van der Waals surface area contributed by atoms with Crippen LogP contribution in [0.2, 0.25) is 0 Å². The summed E-state index contributed by atoms with van der Waals surface area (Å²) in [5.74, 6) is 1.92. The molecule has 0 aliphatic carbocycles. The molecular formula is C45H25N3OS2. The van der Waals surface area contributed by atoms with Crippen LogP contribution in [0, 0.1) is 0 Å². The molecule has 0 bridgehead atoms. The van der Waals surface area contributed by atoms with Crippen LogP contribution in [0.15, 0.2) is 156 Å². The highest BCUT2D eigenvalue weighted by Crippen LogP contribution is 2.43. The number of para-hydroxylation sites is 1. The Bertz CT molecular complexity index is 3160. The number of hydrogen-bond donors (Lipinski definition) is 0. The lowest BCUT2D eigenvalue weighted by Crippen LogP contribution is -2.00. The monoisotopic (exact) mass is 687 g/mol. The van der Waals surface area contributed by atoms with Crippen molar-refractivity contribution in [2.24, 2.45) is 0 Å². The highest BCUT2D eigenvalue weighted by molar-refractivity contribution is 7.26. The van der Waals surface area contributed by atoms with Crippen LogP contribution in [-0.4, -0.2) is 15.0 Å². The Labute approximate surface area is 299 Å². The molecule has 0 N–H and O–H groups in total. The molecule has 0 saturated carbocycles. The second-order valence-corrected chi connectivity index (χ2v) is 14.9. The van der Waals surface area contributed by atoms with Crippen molar-refractivity contribution in [1.29, 1.82) is 0 Å². The SMILES string of the molecule is c1ccc(-c2nc(-c3ccc4c(c3)sc3cc(-c5cccc6c5sc5ccccc56)ccc34)nc(-c3ccc4oc5ccccc5c4c3)n2)cc1. The molecule has 0 saturated heterocycles. The van der Waals surface area contributed by atoms with Crippen molar-refractivity contribution in [3.63, 3.8) is 0 Å². The van der Waals surface area contributed by atoms with Crippen LogP contribution in [0.5, 0.6) is 0 Å². The summed E-state index contributed by atoms with van der Waals surface area (Å²) in [6.45, 7) is 0. The molecule has 0 spiro atoms. The zero-order chi connectivity index (χ0) is 33.5. The van der Waals surface area contributed by atoms with Gasteiger partial charge in [-0.05, 0) is 53.6 Å². The summed E-state index contributed by atoms with van der Waals surface area (Å²) in [6.07, 6.45) is 0. The molecule has 6 heteroatoms. The van der Waals surface area contributed by atoms with E-state index >= 15 is 0 Å². The molecule has 0 radical (unpaired) electrons. The van der Waals surface area contributed by atoms with E-state index in [9.17, 15) is 0 Å². The lowest BCUT2D eigenvalue weighted by molar-refractivity contribution is 0.669. The average Bonchev–Trinajstić information content (AvgIpc) is 3.88. The quantitative estimate of drug-likeness (QED) is 0.185. The van der Waals surface area contributed by atoms with Gasteiger partial charge in [-0.25, -0.2) is 15.0 Å². The lowest BCUT2D eigenvalue weighted by atomic mass is 10.0. The predicted octanol–water partition coefficient (Wildman–Crippen LogP) is 13.2. The standard InChI is InChI=1S/C45H25N3OS2/c1-2-9-26(10-3-1)43-46-44(28-19-22-38-36(23-28)31-11-4-6-15-37(31)49-38)48-45(47-43)29-18-21-34-33-20-17-27(24-40(33)50-41(34)25-29)30-13-8-14-35-32-12-5-7-16-39(32)51-42(30)35/h1-25H. The summed E-state index contributed by atoms with van der Waals surface area (Å²) < 4.78 is 11.2. The molecule has 4 aromatic heterocycles. The van der Waals surface area contributed by atoms with Gasteiger partial charge in [-0.1, -0.05) is 109 Å². The zero-order valence-electron chi connectivity index (χ0n) is 27.0. The van der Waals surface area contributed by atoms with Gasteiger partial charge in [0.2, 0.25) is 0 Å². The summed E-state index contributed by atoms with van der Waals surface area (Å²) in [6, 6.07) is 53.3. The van der Waals surface area contributed by atoms with Crippen LogP contribution < -0.4 is 0 Å². The summed E-state index contributed by atoms with van der Waals surface area (Å²) in [5, 5.41) is 7.25. The second kappa shape index (κ2) is 11.2. The molecule has 0 fully saturated rings. The highest BCUT2D eigenvalue weighted by Gasteiger charge is 2.17. The molecule has 11 rings (SSSR count). The fourth-order valence-electron chi connectivity index (χ4n) is 7.27. The Balaban J connectivity index is 1.04. The number of aromatic nitrogens is 3. The van der Waals surface area contributed by atoms with Gasteiger partial charge in [-0.2, -0.15) is 0 Å². The minimum Gasteiger partial charge on any atom is -0.456 e. The minimum absolute atomic E-state index is 0.627.